The van der Waals surface area contributed by atoms with E-state index in [-0.39, 0.29) is 11.6 Å². The molecule has 0 radical (unpaired) electrons. The van der Waals surface area contributed by atoms with Crippen molar-refractivity contribution in [2.45, 2.75) is 13.5 Å². The Balaban J connectivity index is 1.57. The van der Waals surface area contributed by atoms with Crippen molar-refractivity contribution in [1.82, 2.24) is 0 Å². The number of nitrogens with one attached hydrogen (secondary N) is 1. The van der Waals surface area contributed by atoms with E-state index in [9.17, 15) is 14.9 Å². The van der Waals surface area contributed by atoms with E-state index in [1.807, 2.05) is 54.6 Å². The van der Waals surface area contributed by atoms with E-state index < -0.39 is 4.92 Å². The maximum atomic E-state index is 12.2. The summed E-state index contributed by atoms with van der Waals surface area (Å²) >= 11 is 0. The summed E-state index contributed by atoms with van der Waals surface area (Å²) < 4.78 is 5.74. The van der Waals surface area contributed by atoms with Crippen LogP contribution < -0.4 is 10.1 Å². The summed E-state index contributed by atoms with van der Waals surface area (Å²) in [7, 11) is 0. The number of ether oxygens (including phenoxy) is 1. The Morgan fingerprint density at radius 2 is 1.79 bits per heavy atom. The molecule has 29 heavy (non-hydrogen) atoms. The highest BCUT2D eigenvalue weighted by Crippen LogP contribution is 2.22. The van der Waals surface area contributed by atoms with Crippen LogP contribution in [0.25, 0.3) is 6.08 Å². The third-order valence-corrected chi connectivity index (χ3v) is 4.25. The van der Waals surface area contributed by atoms with Gasteiger partial charge in [0.2, 0.25) is 5.91 Å². The second-order valence-electron chi connectivity index (χ2n) is 6.42. The van der Waals surface area contributed by atoms with E-state index in [4.69, 9.17) is 4.74 Å². The molecule has 0 aromatic heterocycles. The van der Waals surface area contributed by atoms with Crippen LogP contribution in [0.1, 0.15) is 16.7 Å². The highest BCUT2D eigenvalue weighted by molar-refractivity contribution is 6.02. The molecule has 0 unspecified atom stereocenters. The smallest absolute Gasteiger partial charge is 0.271 e. The third-order valence-electron chi connectivity index (χ3n) is 4.25. The predicted molar refractivity (Wildman–Crippen MR) is 113 cm³/mol. The van der Waals surface area contributed by atoms with Gasteiger partial charge in [-0.05, 0) is 41.8 Å². The number of anilines is 1. The van der Waals surface area contributed by atoms with E-state index in [0.29, 0.717) is 12.3 Å². The minimum absolute atomic E-state index is 0.0685. The van der Waals surface area contributed by atoms with E-state index in [1.165, 1.54) is 18.2 Å². The lowest BCUT2D eigenvalue weighted by Crippen LogP contribution is -2.09. The van der Waals surface area contributed by atoms with Crippen molar-refractivity contribution in [3.05, 3.63) is 106 Å². The minimum atomic E-state index is -0.494. The SMILES string of the molecule is Cc1ccc([N+](=O)[O-])cc1NC(=O)C=Cc1ccc(OCc2ccccc2)cc1. The number of non-ortho nitro benzene ring substituents is 1. The minimum Gasteiger partial charge on any atom is -0.489 e. The molecule has 146 valence electrons. The molecule has 1 N–H and O–H groups in total. The highest BCUT2D eigenvalue weighted by atomic mass is 16.6. The summed E-state index contributed by atoms with van der Waals surface area (Å²) in [6.07, 6.45) is 3.06. The third kappa shape index (κ3) is 5.77. The molecular weight excluding hydrogens is 368 g/mol. The fourth-order valence-corrected chi connectivity index (χ4v) is 2.62. The average molecular weight is 388 g/mol. The number of nitro groups is 1. The zero-order valence-electron chi connectivity index (χ0n) is 15.9. The molecule has 0 aliphatic rings. The van der Waals surface area contributed by atoms with Gasteiger partial charge < -0.3 is 10.1 Å². The number of rotatable bonds is 7. The van der Waals surface area contributed by atoms with Crippen LogP contribution in [0.3, 0.4) is 0 Å². The van der Waals surface area contributed by atoms with Gasteiger partial charge in [-0.15, -0.1) is 0 Å². The molecule has 0 saturated heterocycles. The van der Waals surface area contributed by atoms with Crippen molar-refractivity contribution in [2.24, 2.45) is 0 Å². The molecule has 0 heterocycles. The number of amides is 1. The van der Waals surface area contributed by atoms with Crippen LogP contribution in [0, 0.1) is 17.0 Å². The van der Waals surface area contributed by atoms with Gasteiger partial charge in [0.1, 0.15) is 12.4 Å². The number of benzene rings is 3. The van der Waals surface area contributed by atoms with Gasteiger partial charge in [0.25, 0.3) is 5.69 Å². The number of nitro benzene ring substituents is 1. The Bertz CT molecular complexity index is 1030. The molecule has 6 heteroatoms. The molecule has 0 spiro atoms. The zero-order chi connectivity index (χ0) is 20.6. The summed E-state index contributed by atoms with van der Waals surface area (Å²) in [6.45, 7) is 2.26. The molecule has 0 bridgehead atoms. The second-order valence-corrected chi connectivity index (χ2v) is 6.42. The molecular formula is C23H20N2O4. The van der Waals surface area contributed by atoms with Gasteiger partial charge in [0.05, 0.1) is 10.6 Å². The molecule has 0 aliphatic carbocycles. The molecule has 0 atom stereocenters. The summed E-state index contributed by atoms with van der Waals surface area (Å²) in [5.74, 6) is 0.376. The first-order valence-corrected chi connectivity index (χ1v) is 9.02. The van der Waals surface area contributed by atoms with Crippen molar-refractivity contribution in [3.8, 4) is 5.75 Å². The monoisotopic (exact) mass is 388 g/mol. The van der Waals surface area contributed by atoms with Gasteiger partial charge in [-0.25, -0.2) is 0 Å². The van der Waals surface area contributed by atoms with Crippen LogP contribution in [-0.2, 0) is 11.4 Å². The molecule has 3 aromatic rings. The van der Waals surface area contributed by atoms with Crippen molar-refractivity contribution < 1.29 is 14.5 Å². The lowest BCUT2D eigenvalue weighted by molar-refractivity contribution is -0.384. The number of nitrogens with zero attached hydrogens (tertiary/aromatic N) is 1. The van der Waals surface area contributed by atoms with Crippen LogP contribution in [0.5, 0.6) is 5.75 Å². The summed E-state index contributed by atoms with van der Waals surface area (Å²) in [5.41, 5.74) is 3.02. The van der Waals surface area contributed by atoms with Gasteiger partial charge in [0, 0.05) is 18.2 Å². The van der Waals surface area contributed by atoms with Crippen LogP contribution in [0.2, 0.25) is 0 Å². The molecule has 0 saturated carbocycles. The van der Waals surface area contributed by atoms with Crippen LogP contribution in [-0.4, -0.2) is 10.8 Å². The lowest BCUT2D eigenvalue weighted by atomic mass is 10.1. The predicted octanol–water partition coefficient (Wildman–Crippen LogP) is 5.13. The first-order valence-electron chi connectivity index (χ1n) is 9.02. The standard InChI is InChI=1S/C23H20N2O4/c1-17-7-11-20(25(27)28)15-22(17)24-23(26)14-10-18-8-12-21(13-9-18)29-16-19-5-3-2-4-6-19/h2-15H,16H2,1H3,(H,24,26). The Hall–Kier alpha value is -3.93. The van der Waals surface area contributed by atoms with Crippen molar-refractivity contribution in [2.75, 3.05) is 5.32 Å². The maximum absolute atomic E-state index is 12.2. The van der Waals surface area contributed by atoms with Gasteiger partial charge in [-0.1, -0.05) is 48.5 Å². The van der Waals surface area contributed by atoms with Crippen LogP contribution in [0.4, 0.5) is 11.4 Å². The molecule has 3 rings (SSSR count). The first-order chi connectivity index (χ1) is 14.0. The normalized spacial score (nSPS) is 10.7. The average Bonchev–Trinajstić information content (AvgIpc) is 2.73. The van der Waals surface area contributed by atoms with Gasteiger partial charge >= 0.3 is 0 Å². The Morgan fingerprint density at radius 1 is 1.07 bits per heavy atom. The second kappa shape index (κ2) is 9.32. The van der Waals surface area contributed by atoms with Gasteiger partial charge in [-0.3, -0.25) is 14.9 Å². The number of hydrogen-bond donors (Lipinski definition) is 1. The van der Waals surface area contributed by atoms with Crippen LogP contribution >= 0.6 is 0 Å². The first kappa shape index (κ1) is 19.8. The largest absolute Gasteiger partial charge is 0.489 e. The van der Waals surface area contributed by atoms with E-state index in [2.05, 4.69) is 5.32 Å². The Labute approximate surface area is 168 Å². The Morgan fingerprint density at radius 3 is 2.48 bits per heavy atom. The highest BCUT2D eigenvalue weighted by Gasteiger charge is 2.09. The molecule has 0 fully saturated rings. The number of carbonyl (C=O) groups excluding carboxylic acids is 1. The maximum Gasteiger partial charge on any atom is 0.271 e. The van der Waals surface area contributed by atoms with E-state index in [1.54, 1.807) is 19.1 Å². The fourth-order valence-electron chi connectivity index (χ4n) is 2.62. The number of carbonyl (C=O) groups is 1. The van der Waals surface area contributed by atoms with E-state index >= 15 is 0 Å². The molecule has 3 aromatic carbocycles. The summed E-state index contributed by atoms with van der Waals surface area (Å²) in [5, 5.41) is 13.6. The topological polar surface area (TPSA) is 81.5 Å². The quantitative estimate of drug-likeness (QED) is 0.345. The Kier molecular flexibility index (Phi) is 6.37. The van der Waals surface area contributed by atoms with Crippen LogP contribution in [0.15, 0.2) is 78.9 Å². The molecule has 1 amide bonds. The lowest BCUT2D eigenvalue weighted by Gasteiger charge is -2.07. The van der Waals surface area contributed by atoms with Crippen molar-refractivity contribution >= 4 is 23.4 Å². The zero-order valence-corrected chi connectivity index (χ0v) is 15.9. The summed E-state index contributed by atoms with van der Waals surface area (Å²) in [4.78, 5) is 22.5. The number of hydrogen-bond acceptors (Lipinski definition) is 4. The number of aryl methyl sites for hydroxylation is 1. The fraction of sp³-hybridized carbons (Fsp3) is 0.0870. The van der Waals surface area contributed by atoms with Gasteiger partial charge in [0.15, 0.2) is 0 Å². The summed E-state index contributed by atoms with van der Waals surface area (Å²) in [6, 6.07) is 21.6. The van der Waals surface area contributed by atoms with Crippen molar-refractivity contribution in [3.63, 3.8) is 0 Å². The molecule has 6 nitrogen and oxygen atoms in total. The van der Waals surface area contributed by atoms with E-state index in [0.717, 1.165) is 22.4 Å². The van der Waals surface area contributed by atoms with Crippen molar-refractivity contribution in [1.29, 1.82) is 0 Å². The molecule has 0 aliphatic heterocycles. The van der Waals surface area contributed by atoms with Gasteiger partial charge in [-0.2, -0.15) is 0 Å².